The lowest BCUT2D eigenvalue weighted by Gasteiger charge is -2.47. The largest absolute Gasteiger partial charge is 0.365 e. The molecule has 1 aliphatic rings. The SMILES string of the molecule is C=C(c1n[nH]c(C)n1)N1CCN(C(=O)c2cn3nc(-c4ccc(F)cc4)cc(C(C)(C)C)c3n2)C(C)(C)C1. The van der Waals surface area contributed by atoms with Crippen LogP contribution in [0, 0.1) is 12.7 Å². The average molecular weight is 517 g/mol. The highest BCUT2D eigenvalue weighted by molar-refractivity contribution is 5.93. The first-order valence-corrected chi connectivity index (χ1v) is 12.7. The zero-order chi connectivity index (χ0) is 27.4. The first kappa shape index (κ1) is 25.6. The number of imidazole rings is 1. The molecular formula is C28H33FN8O. The van der Waals surface area contributed by atoms with E-state index < -0.39 is 5.54 Å². The van der Waals surface area contributed by atoms with Crippen molar-refractivity contribution in [3.05, 3.63) is 71.8 Å². The monoisotopic (exact) mass is 516 g/mol. The minimum Gasteiger partial charge on any atom is -0.365 e. The first-order chi connectivity index (χ1) is 17.8. The zero-order valence-electron chi connectivity index (χ0n) is 22.7. The highest BCUT2D eigenvalue weighted by Gasteiger charge is 2.39. The molecule has 4 aromatic rings. The van der Waals surface area contributed by atoms with Crippen LogP contribution in [-0.2, 0) is 5.41 Å². The van der Waals surface area contributed by atoms with Gasteiger partial charge in [-0.25, -0.2) is 18.9 Å². The van der Waals surface area contributed by atoms with Gasteiger partial charge in [0.05, 0.1) is 23.1 Å². The minimum absolute atomic E-state index is 0.150. The highest BCUT2D eigenvalue weighted by Crippen LogP contribution is 2.31. The average Bonchev–Trinajstić information content (AvgIpc) is 3.48. The molecule has 1 saturated heterocycles. The number of halogens is 1. The van der Waals surface area contributed by atoms with Gasteiger partial charge in [-0.1, -0.05) is 27.4 Å². The second-order valence-electron chi connectivity index (χ2n) is 11.5. The summed E-state index contributed by atoms with van der Waals surface area (Å²) in [5.41, 5.74) is 3.39. The molecule has 0 saturated carbocycles. The maximum atomic E-state index is 13.8. The van der Waals surface area contributed by atoms with E-state index in [-0.39, 0.29) is 17.1 Å². The number of fused-ring (bicyclic) bond motifs is 1. The van der Waals surface area contributed by atoms with E-state index in [4.69, 9.17) is 10.1 Å². The molecule has 10 heteroatoms. The minimum atomic E-state index is -0.487. The van der Waals surface area contributed by atoms with E-state index in [0.29, 0.717) is 42.5 Å². The van der Waals surface area contributed by atoms with Gasteiger partial charge >= 0.3 is 0 Å². The van der Waals surface area contributed by atoms with Crippen LogP contribution in [0.5, 0.6) is 0 Å². The predicted molar refractivity (Wildman–Crippen MR) is 144 cm³/mol. The summed E-state index contributed by atoms with van der Waals surface area (Å²) in [6, 6.07) is 8.22. The molecule has 1 N–H and O–H groups in total. The summed E-state index contributed by atoms with van der Waals surface area (Å²) in [5.74, 6) is 0.842. The molecule has 1 amide bonds. The molecule has 1 fully saturated rings. The molecular weight excluding hydrogens is 483 g/mol. The summed E-state index contributed by atoms with van der Waals surface area (Å²) in [5, 5.41) is 11.8. The molecule has 198 valence electrons. The molecule has 0 unspecified atom stereocenters. The third kappa shape index (κ3) is 4.66. The third-order valence-corrected chi connectivity index (χ3v) is 6.98. The quantitative estimate of drug-likeness (QED) is 0.430. The fourth-order valence-corrected chi connectivity index (χ4v) is 4.91. The molecule has 0 atom stereocenters. The summed E-state index contributed by atoms with van der Waals surface area (Å²) in [6.07, 6.45) is 1.69. The van der Waals surface area contributed by atoms with Crippen LogP contribution < -0.4 is 0 Å². The zero-order valence-corrected chi connectivity index (χ0v) is 22.7. The number of nitrogens with zero attached hydrogens (tertiary/aromatic N) is 7. The van der Waals surface area contributed by atoms with Crippen LogP contribution in [0.1, 0.15) is 62.3 Å². The first-order valence-electron chi connectivity index (χ1n) is 12.7. The van der Waals surface area contributed by atoms with Crippen LogP contribution >= 0.6 is 0 Å². The number of aryl methyl sites for hydroxylation is 1. The number of nitrogens with one attached hydrogen (secondary N) is 1. The number of hydrogen-bond donors (Lipinski definition) is 1. The molecule has 3 aromatic heterocycles. The third-order valence-electron chi connectivity index (χ3n) is 6.98. The number of amides is 1. The van der Waals surface area contributed by atoms with E-state index >= 15 is 0 Å². The van der Waals surface area contributed by atoms with Crippen molar-refractivity contribution in [3.8, 4) is 11.3 Å². The van der Waals surface area contributed by atoms with Gasteiger partial charge in [-0.2, -0.15) is 10.2 Å². The smallest absolute Gasteiger partial charge is 0.274 e. The van der Waals surface area contributed by atoms with Crippen LogP contribution in [0.2, 0.25) is 0 Å². The number of aromatic nitrogens is 6. The Morgan fingerprint density at radius 3 is 2.45 bits per heavy atom. The van der Waals surface area contributed by atoms with E-state index in [1.54, 1.807) is 22.8 Å². The van der Waals surface area contributed by atoms with Gasteiger partial charge < -0.3 is 9.80 Å². The predicted octanol–water partition coefficient (Wildman–Crippen LogP) is 4.47. The Balaban J connectivity index is 1.46. The fraction of sp³-hybridized carbons (Fsp3) is 0.393. The molecule has 0 bridgehead atoms. The van der Waals surface area contributed by atoms with Crippen molar-refractivity contribution in [2.45, 2.75) is 52.5 Å². The topological polar surface area (TPSA) is 95.3 Å². The van der Waals surface area contributed by atoms with Crippen molar-refractivity contribution in [2.24, 2.45) is 0 Å². The Labute approximate surface area is 221 Å². The molecule has 0 radical (unpaired) electrons. The van der Waals surface area contributed by atoms with E-state index in [2.05, 4.69) is 47.4 Å². The second kappa shape index (κ2) is 9.04. The highest BCUT2D eigenvalue weighted by atomic mass is 19.1. The summed E-state index contributed by atoms with van der Waals surface area (Å²) < 4.78 is 15.2. The van der Waals surface area contributed by atoms with Gasteiger partial charge in [0.1, 0.15) is 17.3 Å². The van der Waals surface area contributed by atoms with Crippen molar-refractivity contribution in [1.29, 1.82) is 0 Å². The second-order valence-corrected chi connectivity index (χ2v) is 11.5. The Hall–Kier alpha value is -4.08. The van der Waals surface area contributed by atoms with Crippen molar-refractivity contribution >= 4 is 17.3 Å². The number of hydrogen-bond acceptors (Lipinski definition) is 6. The van der Waals surface area contributed by atoms with E-state index in [9.17, 15) is 9.18 Å². The maximum absolute atomic E-state index is 13.8. The maximum Gasteiger partial charge on any atom is 0.274 e. The molecule has 1 aliphatic heterocycles. The van der Waals surface area contributed by atoms with E-state index in [1.165, 1.54) is 12.1 Å². The van der Waals surface area contributed by atoms with Gasteiger partial charge in [0.2, 0.25) is 0 Å². The van der Waals surface area contributed by atoms with Crippen LogP contribution in [0.15, 0.2) is 43.1 Å². The number of carbonyl (C=O) groups excluding carboxylic acids is 1. The van der Waals surface area contributed by atoms with Crippen molar-refractivity contribution in [1.82, 2.24) is 39.6 Å². The van der Waals surface area contributed by atoms with Crippen molar-refractivity contribution in [2.75, 3.05) is 19.6 Å². The number of benzene rings is 1. The number of rotatable bonds is 4. The summed E-state index contributed by atoms with van der Waals surface area (Å²) >= 11 is 0. The van der Waals surface area contributed by atoms with Gasteiger partial charge in [-0.05, 0) is 56.5 Å². The Kier molecular flexibility index (Phi) is 6.08. The van der Waals surface area contributed by atoms with E-state index in [1.807, 2.05) is 31.7 Å². The molecule has 0 aliphatic carbocycles. The number of piperazine rings is 1. The molecule has 9 nitrogen and oxygen atoms in total. The molecule has 4 heterocycles. The lowest BCUT2D eigenvalue weighted by molar-refractivity contribution is 0.0308. The fourth-order valence-electron chi connectivity index (χ4n) is 4.91. The lowest BCUT2D eigenvalue weighted by Crippen LogP contribution is -2.60. The van der Waals surface area contributed by atoms with Crippen LogP contribution in [-0.4, -0.2) is 70.7 Å². The van der Waals surface area contributed by atoms with Gasteiger partial charge in [-0.3, -0.25) is 9.89 Å². The molecule has 1 aromatic carbocycles. The lowest BCUT2D eigenvalue weighted by atomic mass is 9.87. The van der Waals surface area contributed by atoms with E-state index in [0.717, 1.165) is 22.6 Å². The summed E-state index contributed by atoms with van der Waals surface area (Å²) in [6.45, 7) is 18.1. The van der Waals surface area contributed by atoms with Crippen LogP contribution in [0.4, 0.5) is 4.39 Å². The molecule has 5 rings (SSSR count). The van der Waals surface area contributed by atoms with Gasteiger partial charge in [0.15, 0.2) is 11.5 Å². The van der Waals surface area contributed by atoms with Gasteiger partial charge in [-0.15, -0.1) is 0 Å². The van der Waals surface area contributed by atoms with Gasteiger partial charge in [0, 0.05) is 30.8 Å². The Morgan fingerprint density at radius 2 is 1.84 bits per heavy atom. The standard InChI is InChI=1S/C28H33FN8O/c1-17(24-30-18(2)32-33-24)35-12-13-36(28(6,7)16-35)26(38)23-15-37-25(31-23)21(27(3,4)5)14-22(34-37)19-8-10-20(29)11-9-19/h8-11,14-15H,1,12-13,16H2,2-7H3,(H,30,32,33). The van der Waals surface area contributed by atoms with Crippen molar-refractivity contribution < 1.29 is 9.18 Å². The molecule has 0 spiro atoms. The van der Waals surface area contributed by atoms with Gasteiger partial charge in [0.25, 0.3) is 5.91 Å². The van der Waals surface area contributed by atoms with Crippen LogP contribution in [0.3, 0.4) is 0 Å². The number of carbonyl (C=O) groups is 1. The number of H-pyrrole nitrogens is 1. The Morgan fingerprint density at radius 1 is 1.13 bits per heavy atom. The molecule has 38 heavy (non-hydrogen) atoms. The number of aromatic amines is 1. The Bertz CT molecular complexity index is 1530. The summed E-state index contributed by atoms with van der Waals surface area (Å²) in [7, 11) is 0. The van der Waals surface area contributed by atoms with Crippen molar-refractivity contribution in [3.63, 3.8) is 0 Å². The normalized spacial score (nSPS) is 15.8. The van der Waals surface area contributed by atoms with Crippen LogP contribution in [0.25, 0.3) is 22.6 Å². The summed E-state index contributed by atoms with van der Waals surface area (Å²) in [4.78, 5) is 26.9.